The molecule has 0 saturated carbocycles. The number of hydrazine groups is 1. The van der Waals surface area contributed by atoms with Crippen molar-refractivity contribution >= 4 is 34.8 Å². The monoisotopic (exact) mass is 294 g/mol. The van der Waals surface area contributed by atoms with E-state index in [0.717, 1.165) is 4.88 Å². The smallest absolute Gasteiger partial charge is 0.269 e. The van der Waals surface area contributed by atoms with Crippen molar-refractivity contribution in [3.05, 3.63) is 57.2 Å². The molecule has 0 bridgehead atoms. The topological polar surface area (TPSA) is 58.2 Å². The molecule has 0 aliphatic heterocycles. The molecule has 0 spiro atoms. The summed E-state index contributed by atoms with van der Waals surface area (Å²) >= 11 is 7.27. The van der Waals surface area contributed by atoms with E-state index in [1.165, 1.54) is 17.4 Å². The minimum Gasteiger partial charge on any atom is -0.273 e. The molecule has 2 N–H and O–H groups in total. The van der Waals surface area contributed by atoms with E-state index in [2.05, 4.69) is 10.9 Å². The number of hydrogen-bond acceptors (Lipinski definition) is 3. The summed E-state index contributed by atoms with van der Waals surface area (Å²) in [4.78, 5) is 24.2. The van der Waals surface area contributed by atoms with Gasteiger partial charge in [0, 0.05) is 15.5 Å². The molecule has 2 amide bonds. The van der Waals surface area contributed by atoms with Gasteiger partial charge in [-0.15, -0.1) is 11.3 Å². The molecule has 0 aliphatic rings. The Morgan fingerprint density at radius 1 is 1.16 bits per heavy atom. The molecular formula is C13H11ClN2O2S. The summed E-state index contributed by atoms with van der Waals surface area (Å²) in [5.41, 5.74) is 5.10. The van der Waals surface area contributed by atoms with Crippen molar-refractivity contribution in [2.75, 3.05) is 0 Å². The molecule has 19 heavy (non-hydrogen) atoms. The summed E-state index contributed by atoms with van der Waals surface area (Å²) in [6, 6.07) is 10.2. The lowest BCUT2D eigenvalue weighted by atomic mass is 10.2. The Hall–Kier alpha value is -1.85. The maximum Gasteiger partial charge on any atom is 0.269 e. The van der Waals surface area contributed by atoms with E-state index in [9.17, 15) is 9.59 Å². The van der Waals surface area contributed by atoms with Gasteiger partial charge in [0.1, 0.15) is 0 Å². The van der Waals surface area contributed by atoms with Gasteiger partial charge in [-0.25, -0.2) is 0 Å². The van der Waals surface area contributed by atoms with Crippen LogP contribution in [-0.2, 0) is 11.2 Å². The molecule has 4 nitrogen and oxygen atoms in total. The number of rotatable bonds is 3. The van der Waals surface area contributed by atoms with Gasteiger partial charge >= 0.3 is 0 Å². The van der Waals surface area contributed by atoms with Gasteiger partial charge in [0.25, 0.3) is 5.91 Å². The maximum absolute atomic E-state index is 11.7. The predicted octanol–water partition coefficient (Wildman–Crippen LogP) is 2.41. The number of hydrogen-bond donors (Lipinski definition) is 2. The third-order valence-electron chi connectivity index (χ3n) is 2.32. The first-order valence-electron chi connectivity index (χ1n) is 5.52. The van der Waals surface area contributed by atoms with E-state index < -0.39 is 5.91 Å². The Morgan fingerprint density at radius 2 is 2.00 bits per heavy atom. The van der Waals surface area contributed by atoms with Crippen molar-refractivity contribution in [3.8, 4) is 0 Å². The molecule has 2 aromatic rings. The van der Waals surface area contributed by atoms with Gasteiger partial charge < -0.3 is 0 Å². The molecule has 98 valence electrons. The number of thiophene rings is 1. The standard InChI is InChI=1S/C13H11ClN2O2S/c14-10-4-1-3-9(7-10)13(18)16-15-12(17)8-11-5-2-6-19-11/h1-7H,8H2,(H,15,17)(H,16,18). The molecule has 0 radical (unpaired) electrons. The van der Waals surface area contributed by atoms with Crippen LogP contribution in [0.25, 0.3) is 0 Å². The van der Waals surface area contributed by atoms with E-state index in [-0.39, 0.29) is 12.3 Å². The fourth-order valence-electron chi connectivity index (χ4n) is 1.44. The minimum atomic E-state index is -0.401. The van der Waals surface area contributed by atoms with Crippen molar-refractivity contribution in [3.63, 3.8) is 0 Å². The highest BCUT2D eigenvalue weighted by atomic mass is 35.5. The van der Waals surface area contributed by atoms with Gasteiger partial charge in [0.15, 0.2) is 0 Å². The molecule has 1 aromatic heterocycles. The Kier molecular flexibility index (Phi) is 4.54. The first-order chi connectivity index (χ1) is 9.15. The molecule has 1 heterocycles. The fourth-order valence-corrected chi connectivity index (χ4v) is 2.34. The van der Waals surface area contributed by atoms with Crippen LogP contribution in [0.4, 0.5) is 0 Å². The largest absolute Gasteiger partial charge is 0.273 e. The molecule has 0 unspecified atom stereocenters. The average Bonchev–Trinajstić information content (AvgIpc) is 2.88. The number of carbonyl (C=O) groups excluding carboxylic acids is 2. The summed E-state index contributed by atoms with van der Waals surface area (Å²) in [6.45, 7) is 0. The quantitative estimate of drug-likeness (QED) is 0.854. The van der Waals surface area contributed by atoms with Crippen LogP contribution in [0.15, 0.2) is 41.8 Å². The van der Waals surface area contributed by atoms with Crippen LogP contribution in [-0.4, -0.2) is 11.8 Å². The predicted molar refractivity (Wildman–Crippen MR) is 75.1 cm³/mol. The van der Waals surface area contributed by atoms with Crippen LogP contribution in [0, 0.1) is 0 Å². The van der Waals surface area contributed by atoms with E-state index in [4.69, 9.17) is 11.6 Å². The summed E-state index contributed by atoms with van der Waals surface area (Å²) in [6.07, 6.45) is 0.244. The maximum atomic E-state index is 11.7. The molecule has 2 rings (SSSR count). The molecule has 1 aromatic carbocycles. The first-order valence-corrected chi connectivity index (χ1v) is 6.78. The zero-order valence-corrected chi connectivity index (χ0v) is 11.4. The van der Waals surface area contributed by atoms with Crippen LogP contribution in [0.5, 0.6) is 0 Å². The van der Waals surface area contributed by atoms with Gasteiger partial charge in [-0.1, -0.05) is 23.7 Å². The molecule has 0 atom stereocenters. The van der Waals surface area contributed by atoms with Crippen LogP contribution in [0.1, 0.15) is 15.2 Å². The minimum absolute atomic E-state index is 0.244. The van der Waals surface area contributed by atoms with Crippen LogP contribution >= 0.6 is 22.9 Å². The molecule has 0 fully saturated rings. The summed E-state index contributed by atoms with van der Waals surface area (Å²) in [5.74, 6) is -0.667. The molecule has 0 aliphatic carbocycles. The second kappa shape index (κ2) is 6.36. The van der Waals surface area contributed by atoms with Crippen molar-refractivity contribution in [2.45, 2.75) is 6.42 Å². The summed E-state index contributed by atoms with van der Waals surface area (Å²) in [7, 11) is 0. The van der Waals surface area contributed by atoms with E-state index >= 15 is 0 Å². The lowest BCUT2D eigenvalue weighted by Gasteiger charge is -2.06. The number of amides is 2. The zero-order chi connectivity index (χ0) is 13.7. The number of halogens is 1. The summed E-state index contributed by atoms with van der Waals surface area (Å²) < 4.78 is 0. The van der Waals surface area contributed by atoms with Gasteiger partial charge in [-0.05, 0) is 29.6 Å². The third kappa shape index (κ3) is 4.08. The number of benzene rings is 1. The van der Waals surface area contributed by atoms with Gasteiger partial charge in [0.2, 0.25) is 5.91 Å². The first kappa shape index (κ1) is 13.6. The zero-order valence-electron chi connectivity index (χ0n) is 9.85. The van der Waals surface area contributed by atoms with Crippen molar-refractivity contribution in [1.29, 1.82) is 0 Å². The van der Waals surface area contributed by atoms with Crippen LogP contribution < -0.4 is 10.9 Å². The average molecular weight is 295 g/mol. The van der Waals surface area contributed by atoms with E-state index in [1.807, 2.05) is 17.5 Å². The lowest BCUT2D eigenvalue weighted by Crippen LogP contribution is -2.42. The van der Waals surface area contributed by atoms with E-state index in [1.54, 1.807) is 18.2 Å². The van der Waals surface area contributed by atoms with Gasteiger partial charge in [-0.2, -0.15) is 0 Å². The normalized spacial score (nSPS) is 9.95. The lowest BCUT2D eigenvalue weighted by molar-refractivity contribution is -0.121. The second-order valence-electron chi connectivity index (χ2n) is 3.77. The third-order valence-corrected chi connectivity index (χ3v) is 3.43. The Bertz CT molecular complexity index is 584. The van der Waals surface area contributed by atoms with Gasteiger partial charge in [-0.3, -0.25) is 20.4 Å². The Morgan fingerprint density at radius 3 is 2.68 bits per heavy atom. The highest BCUT2D eigenvalue weighted by Gasteiger charge is 2.08. The van der Waals surface area contributed by atoms with Gasteiger partial charge in [0.05, 0.1) is 6.42 Å². The molecule has 6 heteroatoms. The van der Waals surface area contributed by atoms with Crippen LogP contribution in [0.3, 0.4) is 0 Å². The highest BCUT2D eigenvalue weighted by Crippen LogP contribution is 2.10. The fraction of sp³-hybridized carbons (Fsp3) is 0.0769. The SMILES string of the molecule is O=C(Cc1cccs1)NNC(=O)c1cccc(Cl)c1. The summed E-state index contributed by atoms with van der Waals surface area (Å²) in [5, 5.41) is 2.37. The highest BCUT2D eigenvalue weighted by molar-refractivity contribution is 7.10. The molecular weight excluding hydrogens is 284 g/mol. The Balaban J connectivity index is 1.85. The van der Waals surface area contributed by atoms with Crippen molar-refractivity contribution in [2.24, 2.45) is 0 Å². The van der Waals surface area contributed by atoms with Crippen molar-refractivity contribution in [1.82, 2.24) is 10.9 Å². The van der Waals surface area contributed by atoms with Crippen molar-refractivity contribution < 1.29 is 9.59 Å². The Labute approximate surface area is 119 Å². The number of carbonyl (C=O) groups is 2. The van der Waals surface area contributed by atoms with Crippen LogP contribution in [0.2, 0.25) is 5.02 Å². The second-order valence-corrected chi connectivity index (χ2v) is 5.24. The number of nitrogens with one attached hydrogen (secondary N) is 2. The van der Waals surface area contributed by atoms with E-state index in [0.29, 0.717) is 10.6 Å². The molecule has 0 saturated heterocycles.